The van der Waals surface area contributed by atoms with Gasteiger partial charge in [-0.3, -0.25) is 4.79 Å². The van der Waals surface area contributed by atoms with Crippen LogP contribution in [0.1, 0.15) is 16.3 Å². The largest absolute Gasteiger partial charge is 0.364 e. The van der Waals surface area contributed by atoms with Crippen LogP contribution >= 0.6 is 0 Å². The highest BCUT2D eigenvalue weighted by Gasteiger charge is 2.13. The van der Waals surface area contributed by atoms with Crippen molar-refractivity contribution in [2.45, 2.75) is 0 Å². The number of para-hydroxylation sites is 1. The van der Waals surface area contributed by atoms with E-state index >= 15 is 0 Å². The van der Waals surface area contributed by atoms with Gasteiger partial charge >= 0.3 is 0 Å². The third-order valence-electron chi connectivity index (χ3n) is 2.66. The van der Waals surface area contributed by atoms with Crippen LogP contribution in [0, 0.1) is 12.0 Å². The zero-order valence-electron chi connectivity index (χ0n) is 10.3. The molecule has 96 valence electrons. The molecule has 6 nitrogen and oxygen atoms in total. The number of hydrogen-bond acceptors (Lipinski definition) is 4. The van der Waals surface area contributed by atoms with Gasteiger partial charge in [0.15, 0.2) is 5.69 Å². The van der Waals surface area contributed by atoms with E-state index in [9.17, 15) is 4.79 Å². The van der Waals surface area contributed by atoms with Crippen LogP contribution in [0.2, 0.25) is 0 Å². The number of benzene rings is 1. The van der Waals surface area contributed by atoms with Gasteiger partial charge in [0, 0.05) is 23.8 Å². The Morgan fingerprint density at radius 1 is 1.15 bits per heavy atom. The summed E-state index contributed by atoms with van der Waals surface area (Å²) in [6.07, 6.45) is 3.21. The van der Waals surface area contributed by atoms with Crippen molar-refractivity contribution in [3.8, 4) is 12.0 Å². The van der Waals surface area contributed by atoms with Crippen molar-refractivity contribution in [3.63, 3.8) is 0 Å². The van der Waals surface area contributed by atoms with E-state index in [4.69, 9.17) is 5.73 Å². The molecular formula is C14H9N5O. The molecule has 0 radical (unpaired) electrons. The van der Waals surface area contributed by atoms with Crippen molar-refractivity contribution >= 4 is 16.8 Å². The third-order valence-corrected chi connectivity index (χ3v) is 2.66. The maximum Gasteiger partial charge on any atom is 0.269 e. The van der Waals surface area contributed by atoms with E-state index in [0.29, 0.717) is 16.7 Å². The van der Waals surface area contributed by atoms with Crippen LogP contribution in [0.15, 0.2) is 42.7 Å². The Bertz CT molecular complexity index is 842. The molecule has 20 heavy (non-hydrogen) atoms. The quantitative estimate of drug-likeness (QED) is 0.657. The van der Waals surface area contributed by atoms with E-state index in [2.05, 4.69) is 27.0 Å². The van der Waals surface area contributed by atoms with Crippen molar-refractivity contribution in [3.05, 3.63) is 54.2 Å². The smallest absolute Gasteiger partial charge is 0.269 e. The normalized spacial score (nSPS) is 10.0. The van der Waals surface area contributed by atoms with Crippen molar-refractivity contribution in [1.82, 2.24) is 19.7 Å². The molecule has 0 atom stereocenters. The van der Waals surface area contributed by atoms with E-state index in [1.54, 1.807) is 24.5 Å². The minimum Gasteiger partial charge on any atom is -0.364 e. The first-order valence-electron chi connectivity index (χ1n) is 5.82. The van der Waals surface area contributed by atoms with E-state index in [1.165, 1.54) is 4.68 Å². The molecule has 6 heteroatoms. The summed E-state index contributed by atoms with van der Waals surface area (Å²) in [4.78, 5) is 19.4. The predicted molar refractivity (Wildman–Crippen MR) is 72.6 cm³/mol. The van der Waals surface area contributed by atoms with Gasteiger partial charge in [-0.25, -0.2) is 9.97 Å². The number of primary amides is 1. The summed E-state index contributed by atoms with van der Waals surface area (Å²) in [5.41, 5.74) is 6.22. The van der Waals surface area contributed by atoms with Gasteiger partial charge in [0.05, 0.1) is 5.52 Å². The van der Waals surface area contributed by atoms with Crippen LogP contribution in [0.5, 0.6) is 0 Å². The molecule has 3 aromatic rings. The summed E-state index contributed by atoms with van der Waals surface area (Å²) in [7, 11) is 0. The van der Waals surface area contributed by atoms with E-state index in [1.807, 2.05) is 18.2 Å². The van der Waals surface area contributed by atoms with Crippen LogP contribution in [-0.2, 0) is 0 Å². The molecule has 0 aliphatic carbocycles. The molecule has 0 spiro atoms. The molecule has 0 aliphatic rings. The van der Waals surface area contributed by atoms with Crippen LogP contribution < -0.4 is 5.73 Å². The van der Waals surface area contributed by atoms with Crippen molar-refractivity contribution in [2.24, 2.45) is 5.73 Å². The fourth-order valence-electron chi connectivity index (χ4n) is 1.80. The molecule has 1 amide bonds. The van der Waals surface area contributed by atoms with Gasteiger partial charge in [0.1, 0.15) is 0 Å². The highest BCUT2D eigenvalue weighted by molar-refractivity contribution is 6.04. The monoisotopic (exact) mass is 263 g/mol. The van der Waals surface area contributed by atoms with E-state index < -0.39 is 5.91 Å². The average molecular weight is 263 g/mol. The number of aromatic nitrogens is 4. The van der Waals surface area contributed by atoms with E-state index in [0.717, 1.165) is 0 Å². The first-order valence-corrected chi connectivity index (χ1v) is 5.82. The summed E-state index contributed by atoms with van der Waals surface area (Å²) in [6.45, 7) is 0. The number of nitrogens with zero attached hydrogens (tertiary/aromatic N) is 4. The molecule has 2 aromatic heterocycles. The average Bonchev–Trinajstić information content (AvgIpc) is 2.85. The van der Waals surface area contributed by atoms with Gasteiger partial charge in [-0.1, -0.05) is 18.2 Å². The van der Waals surface area contributed by atoms with Crippen molar-refractivity contribution in [1.29, 1.82) is 0 Å². The fourth-order valence-corrected chi connectivity index (χ4v) is 1.80. The van der Waals surface area contributed by atoms with Gasteiger partial charge in [-0.15, -0.1) is 0 Å². The van der Waals surface area contributed by atoms with E-state index in [-0.39, 0.29) is 5.69 Å². The van der Waals surface area contributed by atoms with Crippen LogP contribution in [-0.4, -0.2) is 25.7 Å². The zero-order chi connectivity index (χ0) is 13.9. The number of carbonyl (C=O) groups is 1. The Kier molecular flexibility index (Phi) is 2.86. The van der Waals surface area contributed by atoms with Gasteiger partial charge in [-0.2, -0.15) is 9.78 Å². The Balaban J connectivity index is 2.14. The molecule has 0 fully saturated rings. The van der Waals surface area contributed by atoms with Crippen LogP contribution in [0.4, 0.5) is 0 Å². The molecule has 0 bridgehead atoms. The third kappa shape index (κ3) is 2.08. The van der Waals surface area contributed by atoms with Crippen LogP contribution in [0.25, 0.3) is 10.9 Å². The molecule has 2 N–H and O–H groups in total. The highest BCUT2D eigenvalue weighted by Crippen LogP contribution is 2.17. The molecule has 3 rings (SSSR count). The Morgan fingerprint density at radius 3 is 2.65 bits per heavy atom. The second kappa shape index (κ2) is 4.82. The molecule has 0 aliphatic heterocycles. The first kappa shape index (κ1) is 11.9. The number of carbonyl (C=O) groups excluding carboxylic acids is 1. The maximum absolute atomic E-state index is 11.4. The lowest BCUT2D eigenvalue weighted by Crippen LogP contribution is -2.12. The molecule has 0 saturated carbocycles. The number of fused-ring (bicyclic) bond motifs is 1. The van der Waals surface area contributed by atoms with Gasteiger partial charge < -0.3 is 5.73 Å². The number of amides is 1. The summed E-state index contributed by atoms with van der Waals surface area (Å²) < 4.78 is 1.41. The second-order valence-corrected chi connectivity index (χ2v) is 3.95. The highest BCUT2D eigenvalue weighted by atomic mass is 16.1. The molecule has 1 aromatic carbocycles. The Hall–Kier alpha value is -3.20. The Morgan fingerprint density at radius 2 is 1.90 bits per heavy atom. The lowest BCUT2D eigenvalue weighted by atomic mass is 10.2. The lowest BCUT2D eigenvalue weighted by Gasteiger charge is -1.90. The number of rotatable bonds is 1. The summed E-state index contributed by atoms with van der Waals surface area (Å²) in [5.74, 6) is 2.58. The van der Waals surface area contributed by atoms with Crippen LogP contribution in [0.3, 0.4) is 0 Å². The van der Waals surface area contributed by atoms with Crippen molar-refractivity contribution < 1.29 is 4.79 Å². The number of nitrogens with two attached hydrogens (primary N) is 1. The molecular weight excluding hydrogens is 254 g/mol. The summed E-state index contributed by atoms with van der Waals surface area (Å²) in [5, 5.41) is 4.79. The van der Waals surface area contributed by atoms with Crippen molar-refractivity contribution in [2.75, 3.05) is 0 Å². The molecule has 0 unspecified atom stereocenters. The SMILES string of the molecule is NC(=O)c1nn(C#Cc2ncccn2)c2ccccc12. The summed E-state index contributed by atoms with van der Waals surface area (Å²) >= 11 is 0. The molecule has 2 heterocycles. The summed E-state index contributed by atoms with van der Waals surface area (Å²) in [6, 6.07) is 11.8. The Labute approximate surface area is 114 Å². The zero-order valence-corrected chi connectivity index (χ0v) is 10.3. The van der Waals surface area contributed by atoms with Gasteiger partial charge in [0.2, 0.25) is 5.82 Å². The standard InChI is InChI=1S/C14H9N5O/c15-14(20)13-10-4-1-2-5-11(10)19(18-13)9-6-12-16-7-3-8-17-12/h1-5,7-8H,(H2,15,20). The topological polar surface area (TPSA) is 86.7 Å². The second-order valence-electron chi connectivity index (χ2n) is 3.95. The predicted octanol–water partition coefficient (Wildman–Crippen LogP) is 0.782. The van der Waals surface area contributed by atoms with Gasteiger partial charge in [0.25, 0.3) is 5.91 Å². The maximum atomic E-state index is 11.4. The fraction of sp³-hybridized carbons (Fsp3) is 0. The minimum absolute atomic E-state index is 0.198. The number of hydrogen-bond donors (Lipinski definition) is 1. The van der Waals surface area contributed by atoms with Gasteiger partial charge in [-0.05, 0) is 18.1 Å². The first-order chi connectivity index (χ1) is 9.75. The minimum atomic E-state index is -0.585. The lowest BCUT2D eigenvalue weighted by molar-refractivity contribution is 0.0996. The molecule has 0 saturated heterocycles.